The van der Waals surface area contributed by atoms with E-state index in [9.17, 15) is 9.59 Å². The molecule has 0 fully saturated rings. The Kier molecular flexibility index (Phi) is 6.68. The predicted octanol–water partition coefficient (Wildman–Crippen LogP) is 4.78. The molecule has 2 amide bonds. The number of carbonyl (C=O) groups excluding carboxylic acids is 2. The number of likely N-dealkylation sites (N-methyl/N-ethyl adjacent to an activating group) is 1. The molecule has 0 unspecified atom stereocenters. The average Bonchev–Trinajstić information content (AvgIpc) is 3.51. The number of para-hydroxylation sites is 1. The number of carbonyl (C=O) groups is 2. The summed E-state index contributed by atoms with van der Waals surface area (Å²) in [6, 6.07) is 20.2. The molecule has 1 aliphatic rings. The molecule has 188 valence electrons. The summed E-state index contributed by atoms with van der Waals surface area (Å²) in [6.07, 6.45) is 2.31. The number of rotatable bonds is 8. The average molecular weight is 496 g/mol. The minimum absolute atomic E-state index is 0.152. The second-order valence-electron chi connectivity index (χ2n) is 9.12. The summed E-state index contributed by atoms with van der Waals surface area (Å²) >= 11 is 0. The number of aromatic amines is 1. The molecule has 0 aliphatic carbocycles. The van der Waals surface area contributed by atoms with Gasteiger partial charge in [-0.25, -0.2) is 0 Å². The van der Waals surface area contributed by atoms with Crippen molar-refractivity contribution in [2.24, 2.45) is 0 Å². The summed E-state index contributed by atoms with van der Waals surface area (Å²) in [6.45, 7) is 6.00. The second-order valence-corrected chi connectivity index (χ2v) is 9.12. The lowest BCUT2D eigenvalue weighted by molar-refractivity contribution is -0.127. The molecule has 1 aliphatic heterocycles. The van der Waals surface area contributed by atoms with Crippen LogP contribution in [0.2, 0.25) is 0 Å². The minimum Gasteiger partial charge on any atom is -0.454 e. The zero-order chi connectivity index (χ0) is 25.9. The van der Waals surface area contributed by atoms with Crippen molar-refractivity contribution in [2.45, 2.75) is 25.8 Å². The lowest BCUT2D eigenvalue weighted by Crippen LogP contribution is -2.49. The highest BCUT2D eigenvalue weighted by atomic mass is 16.7. The van der Waals surface area contributed by atoms with Crippen molar-refractivity contribution in [3.05, 3.63) is 95.7 Å². The standard InChI is InChI=1S/C30H29N3O4/c1-4-21-11-8-12-23-24(19(2)31-29(21)23)17-28(34)32-25(15-20-9-6-5-7-10-20)30(35)33(3)22-13-14-26-27(16-22)37-18-36-26/h4-14,16,25,31H,1,15,17-18H2,2-3H3,(H,32,34)/t25-/m0/s1. The number of H-pyrrole nitrogens is 1. The fraction of sp³-hybridized carbons (Fsp3) is 0.200. The molecule has 5 rings (SSSR count). The van der Waals surface area contributed by atoms with Gasteiger partial charge in [-0.3, -0.25) is 9.59 Å². The van der Waals surface area contributed by atoms with Gasteiger partial charge in [0, 0.05) is 36.3 Å². The number of aromatic nitrogens is 1. The summed E-state index contributed by atoms with van der Waals surface area (Å²) < 4.78 is 10.9. The molecule has 7 heteroatoms. The lowest BCUT2D eigenvalue weighted by atomic mass is 10.0. The molecule has 7 nitrogen and oxygen atoms in total. The number of hydrogen-bond donors (Lipinski definition) is 2. The predicted molar refractivity (Wildman–Crippen MR) is 145 cm³/mol. The molecule has 0 spiro atoms. The van der Waals surface area contributed by atoms with Crippen molar-refractivity contribution < 1.29 is 19.1 Å². The van der Waals surface area contributed by atoms with Crippen molar-refractivity contribution >= 4 is 34.5 Å². The third kappa shape index (κ3) is 4.93. The molecule has 0 saturated heterocycles. The largest absolute Gasteiger partial charge is 0.454 e. The summed E-state index contributed by atoms with van der Waals surface area (Å²) in [7, 11) is 1.70. The van der Waals surface area contributed by atoms with Crippen LogP contribution >= 0.6 is 0 Å². The number of anilines is 1. The highest BCUT2D eigenvalue weighted by Crippen LogP contribution is 2.35. The van der Waals surface area contributed by atoms with Crippen LogP contribution in [0.5, 0.6) is 11.5 Å². The first-order valence-corrected chi connectivity index (χ1v) is 12.2. The molecule has 0 saturated carbocycles. The third-order valence-electron chi connectivity index (χ3n) is 6.73. The van der Waals surface area contributed by atoms with E-state index >= 15 is 0 Å². The quantitative estimate of drug-likeness (QED) is 0.369. The van der Waals surface area contributed by atoms with E-state index in [1.54, 1.807) is 36.2 Å². The van der Waals surface area contributed by atoms with Gasteiger partial charge in [0.2, 0.25) is 18.6 Å². The van der Waals surface area contributed by atoms with Gasteiger partial charge in [0.15, 0.2) is 11.5 Å². The van der Waals surface area contributed by atoms with Crippen LogP contribution < -0.4 is 19.7 Å². The van der Waals surface area contributed by atoms with Gasteiger partial charge >= 0.3 is 0 Å². The molecule has 0 radical (unpaired) electrons. The highest BCUT2D eigenvalue weighted by Gasteiger charge is 2.27. The molecular formula is C30H29N3O4. The van der Waals surface area contributed by atoms with E-state index in [4.69, 9.17) is 9.47 Å². The van der Waals surface area contributed by atoms with E-state index in [0.717, 1.165) is 33.3 Å². The number of fused-ring (bicyclic) bond motifs is 2. The van der Waals surface area contributed by atoms with Crippen LogP contribution in [0, 0.1) is 6.92 Å². The molecule has 2 heterocycles. The smallest absolute Gasteiger partial charge is 0.249 e. The molecule has 37 heavy (non-hydrogen) atoms. The Hall–Kier alpha value is -4.52. The Morgan fingerprint density at radius 3 is 2.65 bits per heavy atom. The van der Waals surface area contributed by atoms with Gasteiger partial charge in [-0.15, -0.1) is 0 Å². The SMILES string of the molecule is C=Cc1cccc2c(CC(=O)N[C@@H](Cc3ccccc3)C(=O)N(C)c3ccc4c(c3)OCO4)c(C)[nH]c12. The lowest BCUT2D eigenvalue weighted by Gasteiger charge is -2.25. The number of hydrogen-bond acceptors (Lipinski definition) is 4. The summed E-state index contributed by atoms with van der Waals surface area (Å²) in [5.74, 6) is 0.795. The number of benzene rings is 3. The molecule has 1 aromatic heterocycles. The third-order valence-corrected chi connectivity index (χ3v) is 6.73. The Bertz CT molecular complexity index is 1480. The maximum Gasteiger partial charge on any atom is 0.249 e. The van der Waals surface area contributed by atoms with Crippen LogP contribution in [-0.4, -0.2) is 36.7 Å². The molecule has 2 N–H and O–H groups in total. The summed E-state index contributed by atoms with van der Waals surface area (Å²) in [4.78, 5) is 31.9. The minimum atomic E-state index is -0.750. The molecule has 4 aromatic rings. The maximum atomic E-state index is 13.7. The number of amides is 2. The molecule has 3 aromatic carbocycles. The van der Waals surface area contributed by atoms with E-state index in [1.165, 1.54) is 0 Å². The first-order valence-electron chi connectivity index (χ1n) is 12.2. The van der Waals surface area contributed by atoms with Crippen molar-refractivity contribution in [3.63, 3.8) is 0 Å². The Morgan fingerprint density at radius 2 is 1.86 bits per heavy atom. The summed E-state index contributed by atoms with van der Waals surface area (Å²) in [5, 5.41) is 3.99. The maximum absolute atomic E-state index is 13.7. The number of nitrogens with one attached hydrogen (secondary N) is 2. The molecule has 0 bridgehead atoms. The van der Waals surface area contributed by atoms with Crippen molar-refractivity contribution in [1.29, 1.82) is 0 Å². The van der Waals surface area contributed by atoms with Crippen molar-refractivity contribution in [3.8, 4) is 11.5 Å². The molecular weight excluding hydrogens is 466 g/mol. The van der Waals surface area contributed by atoms with E-state index in [1.807, 2.05) is 55.5 Å². The van der Waals surface area contributed by atoms with Crippen LogP contribution in [-0.2, 0) is 22.4 Å². The fourth-order valence-corrected chi connectivity index (χ4v) is 4.73. The number of nitrogens with zero attached hydrogens (tertiary/aromatic N) is 1. The van der Waals surface area contributed by atoms with Gasteiger partial charge in [0.05, 0.1) is 11.9 Å². The number of ether oxygens (including phenoxy) is 2. The van der Waals surface area contributed by atoms with Crippen LogP contribution in [0.4, 0.5) is 5.69 Å². The molecule has 1 atom stereocenters. The van der Waals surface area contributed by atoms with Crippen LogP contribution in [0.1, 0.15) is 22.4 Å². The van der Waals surface area contributed by atoms with Gasteiger partial charge < -0.3 is 24.7 Å². The fourth-order valence-electron chi connectivity index (χ4n) is 4.73. The topological polar surface area (TPSA) is 83.7 Å². The zero-order valence-corrected chi connectivity index (χ0v) is 20.9. The normalized spacial score (nSPS) is 12.8. The van der Waals surface area contributed by atoms with E-state index in [-0.39, 0.29) is 25.0 Å². The Labute approximate surface area is 215 Å². The first kappa shape index (κ1) is 24.2. The van der Waals surface area contributed by atoms with Gasteiger partial charge in [-0.1, -0.05) is 61.2 Å². The van der Waals surface area contributed by atoms with Gasteiger partial charge in [-0.2, -0.15) is 0 Å². The van der Waals surface area contributed by atoms with E-state index in [0.29, 0.717) is 23.6 Å². The van der Waals surface area contributed by atoms with E-state index < -0.39 is 6.04 Å². The van der Waals surface area contributed by atoms with Crippen LogP contribution in [0.3, 0.4) is 0 Å². The van der Waals surface area contributed by atoms with Gasteiger partial charge in [0.25, 0.3) is 0 Å². The van der Waals surface area contributed by atoms with E-state index in [2.05, 4.69) is 16.9 Å². The number of aryl methyl sites for hydroxylation is 1. The van der Waals surface area contributed by atoms with Crippen molar-refractivity contribution in [1.82, 2.24) is 10.3 Å². The summed E-state index contributed by atoms with van der Waals surface area (Å²) in [5.41, 5.74) is 5.38. The highest BCUT2D eigenvalue weighted by molar-refractivity contribution is 6.00. The Balaban J connectivity index is 1.39. The Morgan fingerprint density at radius 1 is 1.08 bits per heavy atom. The monoisotopic (exact) mass is 495 g/mol. The van der Waals surface area contributed by atoms with Crippen LogP contribution in [0.25, 0.3) is 17.0 Å². The van der Waals surface area contributed by atoms with Gasteiger partial charge in [-0.05, 0) is 35.7 Å². The first-order chi connectivity index (χ1) is 17.9. The van der Waals surface area contributed by atoms with Crippen molar-refractivity contribution in [2.75, 3.05) is 18.7 Å². The van der Waals surface area contributed by atoms with Crippen LogP contribution in [0.15, 0.2) is 73.3 Å². The second kappa shape index (κ2) is 10.2. The zero-order valence-electron chi connectivity index (χ0n) is 20.9. The van der Waals surface area contributed by atoms with Gasteiger partial charge in [0.1, 0.15) is 6.04 Å².